The topological polar surface area (TPSA) is 81.2 Å². The van der Waals surface area contributed by atoms with E-state index in [2.05, 4.69) is 35.8 Å². The van der Waals surface area contributed by atoms with Gasteiger partial charge >= 0.3 is 0 Å². The summed E-state index contributed by atoms with van der Waals surface area (Å²) in [6.07, 6.45) is 12.5. The third-order valence-electron chi connectivity index (χ3n) is 9.80. The molecule has 7 rings (SSSR count). The third kappa shape index (κ3) is 8.03. The summed E-state index contributed by atoms with van der Waals surface area (Å²) in [4.78, 5) is 52.6. The maximum Gasteiger partial charge on any atom is 0.160 e. The summed E-state index contributed by atoms with van der Waals surface area (Å²) in [5.74, 6) is 3.18. The molecule has 0 aromatic heterocycles. The average Bonchev–Trinajstić information content (AvgIpc) is 3.01. The number of likely N-dealkylation sites (tertiary alicyclic amines) is 2. The largest absolute Gasteiger partial charge is 0.306 e. The summed E-state index contributed by atoms with van der Waals surface area (Å²) in [7, 11) is 8.41. The van der Waals surface area contributed by atoms with Gasteiger partial charge in [-0.15, -0.1) is 0 Å². The summed E-state index contributed by atoms with van der Waals surface area (Å²) < 4.78 is 0. The third-order valence-corrected chi connectivity index (χ3v) is 9.80. The number of piperidine rings is 4. The van der Waals surface area contributed by atoms with Gasteiger partial charge in [0.2, 0.25) is 0 Å². The number of nitrogens with zero attached hydrogens (tertiary/aromatic N) is 4. The summed E-state index contributed by atoms with van der Waals surface area (Å²) in [5, 5.41) is 0. The molecule has 6 aliphatic heterocycles. The number of ketones is 4. The zero-order chi connectivity index (χ0) is 27.4. The van der Waals surface area contributed by atoms with Gasteiger partial charge in [0.05, 0.1) is 13.1 Å². The highest BCUT2D eigenvalue weighted by Crippen LogP contribution is 2.33. The van der Waals surface area contributed by atoms with Gasteiger partial charge in [0.15, 0.2) is 5.78 Å². The standard InChI is InChI=1S/2C9H15NO.C8H13NO.C4H7NO/c1-10-5-7-2-8(6-10)4-9(11)3-7;1-10-7-3-2-4-8(10)6-9(11)5-7;1-9-6-2-3-7(9)5-8(10)4-6;1-5-2-4(6)3-5/h2*7-8H,2-6H2,1H3;6-7H,2-5H2,1H3;2-3H2,1H3. The van der Waals surface area contributed by atoms with Crippen molar-refractivity contribution in [3.63, 3.8) is 0 Å². The van der Waals surface area contributed by atoms with Crippen molar-refractivity contribution in [2.75, 3.05) is 54.4 Å². The van der Waals surface area contributed by atoms with Crippen LogP contribution < -0.4 is 0 Å². The lowest BCUT2D eigenvalue weighted by Gasteiger charge is -2.43. The van der Waals surface area contributed by atoms with Crippen molar-refractivity contribution in [2.45, 2.75) is 101 Å². The first kappa shape index (κ1) is 29.5. The van der Waals surface area contributed by atoms with E-state index in [9.17, 15) is 19.2 Å². The van der Waals surface area contributed by atoms with Gasteiger partial charge in [-0.2, -0.15) is 0 Å². The minimum Gasteiger partial charge on any atom is -0.306 e. The first-order chi connectivity index (χ1) is 18.1. The number of carbonyl (C=O) groups is 4. The van der Waals surface area contributed by atoms with Crippen molar-refractivity contribution in [3.05, 3.63) is 0 Å². The predicted octanol–water partition coefficient (Wildman–Crippen LogP) is 2.43. The van der Waals surface area contributed by atoms with Gasteiger partial charge in [0.25, 0.3) is 0 Å². The highest BCUT2D eigenvalue weighted by Gasteiger charge is 2.37. The average molecular weight is 531 g/mol. The molecule has 1 saturated carbocycles. The van der Waals surface area contributed by atoms with Crippen LogP contribution in [0.25, 0.3) is 0 Å². The number of likely N-dealkylation sites (N-methyl/N-ethyl adjacent to an activating group) is 1. The van der Waals surface area contributed by atoms with Crippen LogP contribution in [0.3, 0.4) is 0 Å². The first-order valence-corrected chi connectivity index (χ1v) is 14.9. The maximum absolute atomic E-state index is 11.2. The summed E-state index contributed by atoms with van der Waals surface area (Å²) in [6, 6.07) is 2.34. The molecule has 6 saturated heterocycles. The molecule has 38 heavy (non-hydrogen) atoms. The second kappa shape index (κ2) is 13.2. The van der Waals surface area contributed by atoms with Gasteiger partial charge in [-0.05, 0) is 72.1 Å². The van der Waals surface area contributed by atoms with Crippen LogP contribution in [0.1, 0.15) is 77.0 Å². The molecule has 6 atom stereocenters. The van der Waals surface area contributed by atoms with Crippen LogP contribution in [-0.2, 0) is 19.2 Å². The normalized spacial score (nSPS) is 37.2. The monoisotopic (exact) mass is 530 g/mol. The molecule has 8 heteroatoms. The molecule has 8 nitrogen and oxygen atoms in total. The van der Waals surface area contributed by atoms with Gasteiger partial charge in [-0.3, -0.25) is 33.9 Å². The molecule has 214 valence electrons. The van der Waals surface area contributed by atoms with E-state index in [1.54, 1.807) is 0 Å². The van der Waals surface area contributed by atoms with Crippen molar-refractivity contribution >= 4 is 23.1 Å². The van der Waals surface area contributed by atoms with E-state index in [-0.39, 0.29) is 0 Å². The molecule has 0 N–H and O–H groups in total. The van der Waals surface area contributed by atoms with E-state index in [0.717, 1.165) is 51.6 Å². The lowest BCUT2D eigenvalue weighted by Crippen LogP contribution is -2.49. The fourth-order valence-corrected chi connectivity index (χ4v) is 7.74. The van der Waals surface area contributed by atoms with Crippen LogP contribution in [0, 0.1) is 11.8 Å². The van der Waals surface area contributed by atoms with E-state index in [0.29, 0.717) is 72.2 Å². The van der Waals surface area contributed by atoms with Crippen molar-refractivity contribution in [3.8, 4) is 0 Å². The number of rotatable bonds is 0. The highest BCUT2D eigenvalue weighted by molar-refractivity contribution is 5.87. The summed E-state index contributed by atoms with van der Waals surface area (Å²) in [5.41, 5.74) is 0. The maximum atomic E-state index is 11.2. The van der Waals surface area contributed by atoms with Crippen molar-refractivity contribution in [2.24, 2.45) is 11.8 Å². The molecule has 0 spiro atoms. The number of fused-ring (bicyclic) bond motifs is 6. The van der Waals surface area contributed by atoms with Gasteiger partial charge in [-0.25, -0.2) is 0 Å². The highest BCUT2D eigenvalue weighted by atomic mass is 16.1. The first-order valence-electron chi connectivity index (χ1n) is 14.9. The second-order valence-corrected chi connectivity index (χ2v) is 13.2. The van der Waals surface area contributed by atoms with Crippen LogP contribution in [0.15, 0.2) is 0 Å². The quantitative estimate of drug-likeness (QED) is 0.473. The lowest BCUT2D eigenvalue weighted by molar-refractivity contribution is -0.128. The van der Waals surface area contributed by atoms with E-state index < -0.39 is 0 Å². The van der Waals surface area contributed by atoms with Crippen molar-refractivity contribution in [1.29, 1.82) is 0 Å². The molecule has 7 fully saturated rings. The Morgan fingerprint density at radius 3 is 1.26 bits per heavy atom. The van der Waals surface area contributed by atoms with E-state index >= 15 is 0 Å². The number of hydrogen-bond acceptors (Lipinski definition) is 8. The van der Waals surface area contributed by atoms with Crippen LogP contribution in [0.5, 0.6) is 0 Å². The van der Waals surface area contributed by atoms with Crippen LogP contribution >= 0.6 is 0 Å². The predicted molar refractivity (Wildman–Crippen MR) is 148 cm³/mol. The summed E-state index contributed by atoms with van der Waals surface area (Å²) in [6.45, 7) is 3.62. The molecule has 6 unspecified atom stereocenters. The smallest absolute Gasteiger partial charge is 0.160 e. The molecule has 0 amide bonds. The zero-order valence-corrected chi connectivity index (χ0v) is 24.2. The number of Topliss-reactive ketones (excluding diaryl/α,β-unsaturated/α-hetero) is 4. The van der Waals surface area contributed by atoms with Crippen molar-refractivity contribution in [1.82, 2.24) is 19.6 Å². The van der Waals surface area contributed by atoms with Crippen LogP contribution in [0.2, 0.25) is 0 Å². The molecule has 0 aromatic carbocycles. The Morgan fingerprint density at radius 2 is 0.895 bits per heavy atom. The minimum absolute atomic E-state index is 0.359. The Bertz CT molecular complexity index is 818. The van der Waals surface area contributed by atoms with Gasteiger partial charge in [0, 0.05) is 75.8 Å². The molecule has 1 aliphatic carbocycles. The number of hydrogen-bond donors (Lipinski definition) is 0. The zero-order valence-electron chi connectivity index (χ0n) is 24.2. The number of carbonyl (C=O) groups excluding carboxylic acids is 4. The second-order valence-electron chi connectivity index (χ2n) is 13.2. The Labute approximate surface area is 229 Å². The Hall–Kier alpha value is -1.48. The molecule has 0 radical (unpaired) electrons. The summed E-state index contributed by atoms with van der Waals surface area (Å²) >= 11 is 0. The van der Waals surface area contributed by atoms with E-state index in [4.69, 9.17) is 0 Å². The fraction of sp³-hybridized carbons (Fsp3) is 0.867. The SMILES string of the molecule is CN1C2CCC1CC(=O)C2.CN1C2CCCC1CC(=O)C2.CN1CC(=O)C1.CN1CC2CC(=O)CC(C2)C1. The van der Waals surface area contributed by atoms with Crippen molar-refractivity contribution < 1.29 is 19.2 Å². The Balaban J connectivity index is 0.000000120. The van der Waals surface area contributed by atoms with Crippen LogP contribution in [-0.4, -0.2) is 121 Å². The minimum atomic E-state index is 0.359. The molecular weight excluding hydrogens is 480 g/mol. The Morgan fingerprint density at radius 1 is 0.500 bits per heavy atom. The van der Waals surface area contributed by atoms with Crippen LogP contribution in [0.4, 0.5) is 0 Å². The molecule has 7 aliphatic rings. The fourth-order valence-electron chi connectivity index (χ4n) is 7.74. The van der Waals surface area contributed by atoms with Gasteiger partial charge < -0.3 is 4.90 Å². The molecule has 6 bridgehead atoms. The van der Waals surface area contributed by atoms with E-state index in [1.807, 2.05) is 11.9 Å². The lowest BCUT2D eigenvalue weighted by atomic mass is 9.77. The Kier molecular flexibility index (Phi) is 10.3. The molecular formula is C30H50N4O4. The van der Waals surface area contributed by atoms with Gasteiger partial charge in [-0.1, -0.05) is 6.42 Å². The van der Waals surface area contributed by atoms with Gasteiger partial charge in [0.1, 0.15) is 17.3 Å². The molecule has 0 aromatic rings. The van der Waals surface area contributed by atoms with E-state index in [1.165, 1.54) is 38.5 Å². The molecule has 6 heterocycles.